The van der Waals surface area contributed by atoms with Crippen molar-refractivity contribution in [3.8, 4) is 0 Å². The first-order valence-electron chi connectivity index (χ1n) is 10.8. The van der Waals surface area contributed by atoms with E-state index in [1.54, 1.807) is 31.2 Å². The molecule has 1 saturated heterocycles. The van der Waals surface area contributed by atoms with Crippen LogP contribution in [0.1, 0.15) is 21.5 Å². The lowest BCUT2D eigenvalue weighted by atomic mass is 10.1. The Kier molecular flexibility index (Phi) is 6.29. The van der Waals surface area contributed by atoms with Gasteiger partial charge in [-0.2, -0.15) is 0 Å². The van der Waals surface area contributed by atoms with Crippen molar-refractivity contribution in [1.82, 2.24) is 0 Å². The van der Waals surface area contributed by atoms with E-state index in [-0.39, 0.29) is 16.1 Å². The third-order valence-electron chi connectivity index (χ3n) is 5.88. The lowest BCUT2D eigenvalue weighted by molar-refractivity contribution is 0.0698. The zero-order chi connectivity index (χ0) is 23.6. The minimum atomic E-state index is -3.93. The summed E-state index contributed by atoms with van der Waals surface area (Å²) in [6, 6.07) is 20.2. The van der Waals surface area contributed by atoms with Crippen molar-refractivity contribution >= 4 is 33.1 Å². The molecular formula is C25H27N3O4S. The van der Waals surface area contributed by atoms with E-state index in [2.05, 4.69) is 26.7 Å². The fraction of sp³-hybridized carbons (Fsp3) is 0.240. The smallest absolute Gasteiger partial charge is 0.337 e. The normalized spacial score (nSPS) is 14.2. The van der Waals surface area contributed by atoms with Crippen molar-refractivity contribution in [1.29, 1.82) is 0 Å². The van der Waals surface area contributed by atoms with E-state index >= 15 is 0 Å². The fourth-order valence-electron chi connectivity index (χ4n) is 4.05. The molecule has 0 unspecified atom stereocenters. The number of para-hydroxylation sites is 1. The highest BCUT2D eigenvalue weighted by Gasteiger charge is 2.23. The van der Waals surface area contributed by atoms with Gasteiger partial charge < -0.3 is 14.9 Å². The number of sulfonamides is 1. The number of nitrogens with zero attached hydrogens (tertiary/aromatic N) is 2. The van der Waals surface area contributed by atoms with Crippen LogP contribution in [0, 0.1) is 13.8 Å². The molecule has 0 aromatic heterocycles. The molecule has 0 radical (unpaired) electrons. The molecule has 3 aromatic carbocycles. The molecule has 7 nitrogen and oxygen atoms in total. The van der Waals surface area contributed by atoms with Gasteiger partial charge >= 0.3 is 5.97 Å². The molecule has 0 atom stereocenters. The summed E-state index contributed by atoms with van der Waals surface area (Å²) in [4.78, 5) is 16.5. The number of aromatic carboxylic acids is 1. The Hall–Kier alpha value is -3.52. The number of piperazine rings is 1. The quantitative estimate of drug-likeness (QED) is 0.569. The van der Waals surface area contributed by atoms with Crippen LogP contribution in [0.25, 0.3) is 0 Å². The molecule has 1 aliphatic heterocycles. The first-order chi connectivity index (χ1) is 15.7. The Labute approximate surface area is 194 Å². The van der Waals surface area contributed by atoms with Gasteiger partial charge in [0, 0.05) is 37.6 Å². The minimum absolute atomic E-state index is 0.0510. The zero-order valence-electron chi connectivity index (χ0n) is 18.7. The first-order valence-corrected chi connectivity index (χ1v) is 12.3. The van der Waals surface area contributed by atoms with Crippen LogP contribution in [-0.4, -0.2) is 45.7 Å². The number of nitrogens with one attached hydrogen (secondary N) is 1. The number of carboxylic acid groups (broad SMARTS) is 1. The minimum Gasteiger partial charge on any atom is -0.478 e. The highest BCUT2D eigenvalue weighted by Crippen LogP contribution is 2.28. The van der Waals surface area contributed by atoms with Crippen LogP contribution in [0.2, 0.25) is 0 Å². The number of anilines is 3. The Morgan fingerprint density at radius 1 is 0.848 bits per heavy atom. The molecule has 0 saturated carbocycles. The van der Waals surface area contributed by atoms with Gasteiger partial charge in [0.15, 0.2) is 0 Å². The number of aryl methyl sites for hydroxylation is 2. The fourth-order valence-corrected chi connectivity index (χ4v) is 5.46. The van der Waals surface area contributed by atoms with Crippen molar-refractivity contribution in [2.75, 3.05) is 40.7 Å². The number of rotatable bonds is 6. The van der Waals surface area contributed by atoms with Gasteiger partial charge in [0.2, 0.25) is 0 Å². The summed E-state index contributed by atoms with van der Waals surface area (Å²) in [5.74, 6) is -1.18. The Bertz CT molecular complexity index is 1270. The summed E-state index contributed by atoms with van der Waals surface area (Å²) in [6.07, 6.45) is 0. The van der Waals surface area contributed by atoms with Gasteiger partial charge in [0.1, 0.15) is 0 Å². The maximum Gasteiger partial charge on any atom is 0.337 e. The lowest BCUT2D eigenvalue weighted by Crippen LogP contribution is -2.46. The number of benzene rings is 3. The molecule has 0 aliphatic carbocycles. The number of hydrogen-bond acceptors (Lipinski definition) is 5. The number of carboxylic acids is 1. The van der Waals surface area contributed by atoms with Crippen molar-refractivity contribution < 1.29 is 18.3 Å². The second-order valence-electron chi connectivity index (χ2n) is 8.22. The topological polar surface area (TPSA) is 90.0 Å². The summed E-state index contributed by atoms with van der Waals surface area (Å²) < 4.78 is 28.4. The first kappa shape index (κ1) is 22.7. The summed E-state index contributed by atoms with van der Waals surface area (Å²) in [5.41, 5.74) is 3.30. The van der Waals surface area contributed by atoms with Gasteiger partial charge in [-0.25, -0.2) is 13.2 Å². The monoisotopic (exact) mass is 465 g/mol. The Morgan fingerprint density at radius 3 is 2.12 bits per heavy atom. The van der Waals surface area contributed by atoms with Gasteiger partial charge in [-0.1, -0.05) is 30.3 Å². The molecule has 0 spiro atoms. The highest BCUT2D eigenvalue weighted by atomic mass is 32.2. The van der Waals surface area contributed by atoms with Gasteiger partial charge in [0.25, 0.3) is 10.0 Å². The predicted octanol–water partition coefficient (Wildman–Crippen LogP) is 4.13. The average molecular weight is 466 g/mol. The van der Waals surface area contributed by atoms with Gasteiger partial charge in [-0.05, 0) is 61.4 Å². The van der Waals surface area contributed by atoms with E-state index in [9.17, 15) is 18.3 Å². The van der Waals surface area contributed by atoms with Crippen LogP contribution in [0.4, 0.5) is 17.1 Å². The molecule has 1 fully saturated rings. The molecule has 3 aromatic rings. The van der Waals surface area contributed by atoms with Gasteiger partial charge in [0.05, 0.1) is 16.1 Å². The molecule has 4 rings (SSSR count). The molecule has 1 heterocycles. The lowest BCUT2D eigenvalue weighted by Gasteiger charge is -2.37. The molecule has 172 valence electrons. The largest absolute Gasteiger partial charge is 0.478 e. The van der Waals surface area contributed by atoms with Crippen molar-refractivity contribution in [3.63, 3.8) is 0 Å². The van der Waals surface area contributed by atoms with E-state index < -0.39 is 16.0 Å². The van der Waals surface area contributed by atoms with E-state index in [0.29, 0.717) is 5.56 Å². The zero-order valence-corrected chi connectivity index (χ0v) is 19.5. The molecule has 33 heavy (non-hydrogen) atoms. The standard InChI is InChI=1S/C25H27N3O4S/c1-18-8-9-19(2)24(16-18)33(31,32)26-23-11-10-21(17-22(23)25(29)30)28-14-12-27(13-15-28)20-6-4-3-5-7-20/h3-11,16-17,26H,12-15H2,1-2H3,(H,29,30). The van der Waals surface area contributed by atoms with E-state index in [4.69, 9.17) is 0 Å². The highest BCUT2D eigenvalue weighted by molar-refractivity contribution is 7.92. The van der Waals surface area contributed by atoms with Crippen LogP contribution in [0.3, 0.4) is 0 Å². The van der Waals surface area contributed by atoms with Crippen LogP contribution >= 0.6 is 0 Å². The molecule has 0 bridgehead atoms. The summed E-state index contributed by atoms with van der Waals surface area (Å²) in [5, 5.41) is 9.78. The third kappa shape index (κ3) is 4.96. The Balaban J connectivity index is 1.55. The predicted molar refractivity (Wildman–Crippen MR) is 131 cm³/mol. The summed E-state index contributed by atoms with van der Waals surface area (Å²) in [7, 11) is -3.93. The molecular weight excluding hydrogens is 438 g/mol. The van der Waals surface area contributed by atoms with Crippen LogP contribution < -0.4 is 14.5 Å². The molecule has 2 N–H and O–H groups in total. The van der Waals surface area contributed by atoms with Crippen LogP contribution in [0.15, 0.2) is 71.6 Å². The average Bonchev–Trinajstić information content (AvgIpc) is 2.81. The molecule has 1 aliphatic rings. The SMILES string of the molecule is Cc1ccc(C)c(S(=O)(=O)Nc2ccc(N3CCN(c4ccccc4)CC3)cc2C(=O)O)c1. The van der Waals surface area contributed by atoms with Crippen LogP contribution in [0.5, 0.6) is 0 Å². The van der Waals surface area contributed by atoms with Crippen LogP contribution in [-0.2, 0) is 10.0 Å². The van der Waals surface area contributed by atoms with Gasteiger partial charge in [-0.15, -0.1) is 0 Å². The van der Waals surface area contributed by atoms with Crippen molar-refractivity contribution in [2.45, 2.75) is 18.7 Å². The second kappa shape index (κ2) is 9.15. The third-order valence-corrected chi connectivity index (χ3v) is 7.38. The Morgan fingerprint density at radius 2 is 1.48 bits per heavy atom. The maximum atomic E-state index is 13.0. The van der Waals surface area contributed by atoms with E-state index in [1.165, 1.54) is 11.8 Å². The summed E-state index contributed by atoms with van der Waals surface area (Å²) >= 11 is 0. The van der Waals surface area contributed by atoms with E-state index in [0.717, 1.165) is 37.4 Å². The maximum absolute atomic E-state index is 13.0. The summed E-state index contributed by atoms with van der Waals surface area (Å²) in [6.45, 7) is 6.63. The van der Waals surface area contributed by atoms with Gasteiger partial charge in [-0.3, -0.25) is 4.72 Å². The number of hydrogen-bond donors (Lipinski definition) is 2. The molecule has 8 heteroatoms. The van der Waals surface area contributed by atoms with Crippen molar-refractivity contribution in [2.24, 2.45) is 0 Å². The second-order valence-corrected chi connectivity index (χ2v) is 9.87. The number of carbonyl (C=O) groups is 1. The van der Waals surface area contributed by atoms with Crippen molar-refractivity contribution in [3.05, 3.63) is 83.4 Å². The van der Waals surface area contributed by atoms with E-state index in [1.807, 2.05) is 31.2 Å². The molecule has 0 amide bonds.